The number of amides is 1. The monoisotopic (exact) mass is 535 g/mol. The molecule has 0 saturated carbocycles. The molecule has 1 atom stereocenters. The van der Waals surface area contributed by atoms with Gasteiger partial charge in [-0.05, 0) is 61.9 Å². The summed E-state index contributed by atoms with van der Waals surface area (Å²) in [7, 11) is 0. The van der Waals surface area contributed by atoms with Gasteiger partial charge in [0.05, 0.1) is 11.1 Å². The second-order valence-electron chi connectivity index (χ2n) is 8.63. The molecule has 190 valence electrons. The zero-order valence-corrected chi connectivity index (χ0v) is 22.0. The second-order valence-corrected chi connectivity index (χ2v) is 9.41. The van der Waals surface area contributed by atoms with Crippen molar-refractivity contribution >= 4 is 51.8 Å². The fourth-order valence-corrected chi connectivity index (χ4v) is 4.16. The number of hydrogen-bond donors (Lipinski definition) is 2. The number of aryl methyl sites for hydroxylation is 1. The Hall–Kier alpha value is -3.74. The van der Waals surface area contributed by atoms with E-state index < -0.39 is 0 Å². The van der Waals surface area contributed by atoms with E-state index >= 15 is 0 Å². The number of benzene rings is 3. The van der Waals surface area contributed by atoms with Gasteiger partial charge in [-0.2, -0.15) is 0 Å². The van der Waals surface area contributed by atoms with Crippen molar-refractivity contribution in [2.75, 3.05) is 12.3 Å². The minimum Gasteiger partial charge on any atom is -0.490 e. The zero-order valence-electron chi connectivity index (χ0n) is 20.5. The number of carbonyl (C=O) groups is 1. The molecule has 6 nitrogen and oxygen atoms in total. The Kier molecular flexibility index (Phi) is 8.54. The van der Waals surface area contributed by atoms with E-state index in [1.165, 1.54) is 6.08 Å². The van der Waals surface area contributed by atoms with Crippen LogP contribution in [0.25, 0.3) is 17.0 Å². The fraction of sp³-hybridized carbons (Fsp3) is 0.172. The first-order chi connectivity index (χ1) is 17.8. The maximum atomic E-state index is 12.3. The SMILES string of the molecule is Cc1ccc2cccc(OCc3c(Cl)ccc(OCC(C)NC(=O)/C=C/c4ccc(N)cc4)c3Cl)c2n1. The van der Waals surface area contributed by atoms with E-state index in [2.05, 4.69) is 10.3 Å². The van der Waals surface area contributed by atoms with Crippen molar-refractivity contribution in [3.05, 3.63) is 99.7 Å². The third-order valence-electron chi connectivity index (χ3n) is 5.59. The van der Waals surface area contributed by atoms with E-state index in [1.807, 2.05) is 56.3 Å². The Morgan fingerprint density at radius 2 is 1.81 bits per heavy atom. The van der Waals surface area contributed by atoms with Gasteiger partial charge in [0.1, 0.15) is 30.2 Å². The number of rotatable bonds is 9. The molecule has 0 spiro atoms. The Bertz CT molecular complexity index is 1440. The number of anilines is 1. The standard InChI is InChI=1S/C29H27Cl2N3O3/c1-18-6-10-21-4-3-5-26(29(21)34-18)37-17-23-24(30)13-14-25(28(23)31)36-16-19(2)33-27(35)15-9-20-7-11-22(32)12-8-20/h3-15,19H,16-17,32H2,1-2H3,(H,33,35)/b15-9+. The van der Waals surface area contributed by atoms with E-state index in [4.69, 9.17) is 38.4 Å². The fourth-order valence-electron chi connectivity index (χ4n) is 3.63. The summed E-state index contributed by atoms with van der Waals surface area (Å²) in [6.07, 6.45) is 3.19. The molecule has 1 heterocycles. The van der Waals surface area contributed by atoms with E-state index in [-0.39, 0.29) is 25.2 Å². The van der Waals surface area contributed by atoms with Crippen molar-refractivity contribution in [3.8, 4) is 11.5 Å². The van der Waals surface area contributed by atoms with Gasteiger partial charge in [0.25, 0.3) is 0 Å². The number of pyridine rings is 1. The minimum atomic E-state index is -0.264. The average Bonchev–Trinajstić information content (AvgIpc) is 2.88. The first kappa shape index (κ1) is 26.3. The van der Waals surface area contributed by atoms with Crippen molar-refractivity contribution in [3.63, 3.8) is 0 Å². The van der Waals surface area contributed by atoms with Gasteiger partial charge in [0.15, 0.2) is 0 Å². The van der Waals surface area contributed by atoms with E-state index in [0.717, 1.165) is 22.2 Å². The van der Waals surface area contributed by atoms with Crippen LogP contribution < -0.4 is 20.5 Å². The number of hydrogen-bond acceptors (Lipinski definition) is 5. The predicted molar refractivity (Wildman–Crippen MR) is 150 cm³/mol. The lowest BCUT2D eigenvalue weighted by molar-refractivity contribution is -0.117. The summed E-state index contributed by atoms with van der Waals surface area (Å²) >= 11 is 13.1. The number of nitrogen functional groups attached to an aromatic ring is 1. The smallest absolute Gasteiger partial charge is 0.244 e. The highest BCUT2D eigenvalue weighted by atomic mass is 35.5. The summed E-state index contributed by atoms with van der Waals surface area (Å²) in [6.45, 7) is 4.14. The summed E-state index contributed by atoms with van der Waals surface area (Å²) in [5.41, 5.74) is 9.51. The number of carbonyl (C=O) groups excluding carboxylic acids is 1. The number of halogens is 2. The van der Waals surface area contributed by atoms with Crippen LogP contribution >= 0.6 is 23.2 Å². The van der Waals surface area contributed by atoms with Crippen LogP contribution in [0.2, 0.25) is 10.0 Å². The van der Waals surface area contributed by atoms with Crippen LogP contribution in [0.1, 0.15) is 23.7 Å². The van der Waals surface area contributed by atoms with Crippen molar-refractivity contribution in [2.45, 2.75) is 26.5 Å². The lowest BCUT2D eigenvalue weighted by atomic mass is 10.2. The van der Waals surface area contributed by atoms with Crippen molar-refractivity contribution in [2.24, 2.45) is 0 Å². The quantitative estimate of drug-likeness (QED) is 0.186. The molecule has 3 N–H and O–H groups in total. The third-order valence-corrected chi connectivity index (χ3v) is 6.35. The van der Waals surface area contributed by atoms with Gasteiger partial charge in [-0.25, -0.2) is 4.98 Å². The summed E-state index contributed by atoms with van der Waals surface area (Å²) in [5, 5.41) is 4.68. The van der Waals surface area contributed by atoms with Gasteiger partial charge in [-0.3, -0.25) is 4.79 Å². The van der Waals surface area contributed by atoms with Crippen LogP contribution in [0.5, 0.6) is 11.5 Å². The lowest BCUT2D eigenvalue weighted by Gasteiger charge is -2.17. The molecule has 0 fully saturated rings. The van der Waals surface area contributed by atoms with E-state index in [9.17, 15) is 4.79 Å². The summed E-state index contributed by atoms with van der Waals surface area (Å²) in [5.74, 6) is 0.862. The Morgan fingerprint density at radius 3 is 2.59 bits per heavy atom. The molecule has 0 aliphatic heterocycles. The minimum absolute atomic E-state index is 0.145. The van der Waals surface area contributed by atoms with Crippen LogP contribution in [0.15, 0.2) is 72.8 Å². The topological polar surface area (TPSA) is 86.5 Å². The Labute approximate surface area is 226 Å². The van der Waals surface area contributed by atoms with E-state index in [1.54, 1.807) is 30.3 Å². The highest BCUT2D eigenvalue weighted by Crippen LogP contribution is 2.35. The lowest BCUT2D eigenvalue weighted by Crippen LogP contribution is -2.35. The average molecular weight is 536 g/mol. The number of para-hydroxylation sites is 1. The van der Waals surface area contributed by atoms with Gasteiger partial charge in [-0.1, -0.05) is 53.5 Å². The van der Waals surface area contributed by atoms with Crippen LogP contribution in [0, 0.1) is 6.92 Å². The first-order valence-corrected chi connectivity index (χ1v) is 12.5. The number of nitrogens with two attached hydrogens (primary N) is 1. The highest BCUT2D eigenvalue weighted by Gasteiger charge is 2.15. The maximum absolute atomic E-state index is 12.3. The zero-order chi connectivity index (χ0) is 26.4. The maximum Gasteiger partial charge on any atom is 0.244 e. The summed E-state index contributed by atoms with van der Waals surface area (Å²) in [4.78, 5) is 16.9. The van der Waals surface area contributed by atoms with Gasteiger partial charge in [-0.15, -0.1) is 0 Å². The molecule has 8 heteroatoms. The highest BCUT2D eigenvalue weighted by molar-refractivity contribution is 6.36. The number of fused-ring (bicyclic) bond motifs is 1. The number of ether oxygens (including phenoxy) is 2. The Morgan fingerprint density at radius 1 is 1.03 bits per heavy atom. The molecular weight excluding hydrogens is 509 g/mol. The van der Waals surface area contributed by atoms with Crippen LogP contribution in [0.4, 0.5) is 5.69 Å². The van der Waals surface area contributed by atoms with Crippen molar-refractivity contribution in [1.82, 2.24) is 10.3 Å². The molecule has 4 rings (SSSR count). The van der Waals surface area contributed by atoms with Gasteiger partial charge < -0.3 is 20.5 Å². The number of nitrogens with zero attached hydrogens (tertiary/aromatic N) is 1. The molecule has 1 amide bonds. The van der Waals surface area contributed by atoms with Crippen molar-refractivity contribution in [1.29, 1.82) is 0 Å². The molecule has 1 aromatic heterocycles. The molecule has 0 aliphatic rings. The molecular formula is C29H27Cl2N3O3. The second kappa shape index (κ2) is 12.0. The summed E-state index contributed by atoms with van der Waals surface area (Å²) < 4.78 is 12.0. The van der Waals surface area contributed by atoms with Crippen LogP contribution in [-0.2, 0) is 11.4 Å². The van der Waals surface area contributed by atoms with Crippen molar-refractivity contribution < 1.29 is 14.3 Å². The van der Waals surface area contributed by atoms with Gasteiger partial charge in [0, 0.05) is 33.4 Å². The Balaban J connectivity index is 1.37. The summed E-state index contributed by atoms with van der Waals surface area (Å²) in [6, 6.07) is 20.1. The van der Waals surface area contributed by atoms with Crippen LogP contribution in [0.3, 0.4) is 0 Å². The molecule has 37 heavy (non-hydrogen) atoms. The largest absolute Gasteiger partial charge is 0.490 e. The molecule has 0 radical (unpaired) electrons. The first-order valence-electron chi connectivity index (χ1n) is 11.7. The molecule has 0 bridgehead atoms. The molecule has 3 aromatic carbocycles. The predicted octanol–water partition coefficient (Wildman–Crippen LogP) is 6.61. The number of aromatic nitrogens is 1. The van der Waals surface area contributed by atoms with E-state index in [0.29, 0.717) is 32.8 Å². The molecule has 1 unspecified atom stereocenters. The number of nitrogens with one attached hydrogen (secondary N) is 1. The van der Waals surface area contributed by atoms with Gasteiger partial charge >= 0.3 is 0 Å². The normalized spacial score (nSPS) is 12.0. The van der Waals surface area contributed by atoms with Crippen LogP contribution in [-0.4, -0.2) is 23.5 Å². The van der Waals surface area contributed by atoms with Gasteiger partial charge in [0.2, 0.25) is 5.91 Å². The molecule has 0 aliphatic carbocycles. The molecule has 4 aromatic rings. The third kappa shape index (κ3) is 6.94. The molecule has 0 saturated heterocycles.